The van der Waals surface area contributed by atoms with E-state index in [0.29, 0.717) is 18.0 Å². The number of carbonyl (C=O) groups is 1. The molecule has 1 aliphatic rings. The van der Waals surface area contributed by atoms with Gasteiger partial charge < -0.3 is 15.8 Å². The summed E-state index contributed by atoms with van der Waals surface area (Å²) in [6.07, 6.45) is 2.56. The average molecular weight is 244 g/mol. The highest BCUT2D eigenvalue weighted by Gasteiger charge is 2.24. The summed E-state index contributed by atoms with van der Waals surface area (Å²) in [7, 11) is 0. The Balaban J connectivity index is 2.26. The molecule has 0 spiro atoms. The van der Waals surface area contributed by atoms with E-state index in [-0.39, 0.29) is 17.4 Å². The summed E-state index contributed by atoms with van der Waals surface area (Å²) in [4.78, 5) is 12.0. The maximum absolute atomic E-state index is 11.6. The fraction of sp³-hybridized carbons (Fsp3) is 0.818. The van der Waals surface area contributed by atoms with Crippen LogP contribution in [0.4, 0.5) is 0 Å². The van der Waals surface area contributed by atoms with Crippen LogP contribution in [-0.2, 0) is 9.53 Å². The predicted molar refractivity (Wildman–Crippen MR) is 67.2 cm³/mol. The summed E-state index contributed by atoms with van der Waals surface area (Å²) in [6.45, 7) is 5.09. The van der Waals surface area contributed by atoms with Crippen molar-refractivity contribution in [2.75, 3.05) is 13.2 Å². The minimum absolute atomic E-state index is 0.0104. The van der Waals surface area contributed by atoms with Gasteiger partial charge in [0, 0.05) is 18.6 Å². The normalized spacial score (nSPS) is 20.8. The summed E-state index contributed by atoms with van der Waals surface area (Å²) in [5.41, 5.74) is 5.24. The van der Waals surface area contributed by atoms with Gasteiger partial charge in [-0.25, -0.2) is 0 Å². The molecule has 92 valence electrons. The number of nitrogens with two attached hydrogens (primary N) is 1. The van der Waals surface area contributed by atoms with Gasteiger partial charge in [-0.1, -0.05) is 26.1 Å². The first-order valence-corrected chi connectivity index (χ1v) is 6.01. The lowest BCUT2D eigenvalue weighted by Crippen LogP contribution is -2.42. The summed E-state index contributed by atoms with van der Waals surface area (Å²) >= 11 is 4.93. The van der Waals surface area contributed by atoms with Gasteiger partial charge in [0.25, 0.3) is 0 Å². The van der Waals surface area contributed by atoms with Gasteiger partial charge in [-0.3, -0.25) is 4.79 Å². The average Bonchev–Trinajstić information content (AvgIpc) is 2.67. The van der Waals surface area contributed by atoms with Crippen LogP contribution in [-0.4, -0.2) is 30.2 Å². The smallest absolute Gasteiger partial charge is 0.222 e. The molecule has 1 saturated heterocycles. The molecule has 0 aromatic carbocycles. The molecule has 0 radical (unpaired) electrons. The number of ether oxygens (including phenoxy) is 1. The van der Waals surface area contributed by atoms with Crippen molar-refractivity contribution >= 4 is 23.1 Å². The summed E-state index contributed by atoms with van der Waals surface area (Å²) in [5.74, 6) is 0.0104. The molecule has 1 fully saturated rings. The number of rotatable bonds is 5. The van der Waals surface area contributed by atoms with Crippen LogP contribution in [0.15, 0.2) is 0 Å². The second-order valence-corrected chi connectivity index (χ2v) is 5.30. The van der Waals surface area contributed by atoms with E-state index >= 15 is 0 Å². The predicted octanol–water partition coefficient (Wildman–Crippen LogP) is 0.984. The second-order valence-electron chi connectivity index (χ2n) is 4.86. The van der Waals surface area contributed by atoms with Crippen molar-refractivity contribution < 1.29 is 9.53 Å². The van der Waals surface area contributed by atoms with Crippen LogP contribution in [0, 0.1) is 5.41 Å². The van der Waals surface area contributed by atoms with Crippen molar-refractivity contribution in [1.29, 1.82) is 0 Å². The van der Waals surface area contributed by atoms with E-state index in [1.807, 2.05) is 13.8 Å². The van der Waals surface area contributed by atoms with Gasteiger partial charge in [0.1, 0.15) is 0 Å². The van der Waals surface area contributed by atoms with Crippen LogP contribution in [0.3, 0.4) is 0 Å². The summed E-state index contributed by atoms with van der Waals surface area (Å²) in [5, 5.41) is 2.84. The van der Waals surface area contributed by atoms with E-state index in [2.05, 4.69) is 5.32 Å². The zero-order valence-electron chi connectivity index (χ0n) is 9.91. The summed E-state index contributed by atoms with van der Waals surface area (Å²) < 4.78 is 5.39. The number of hydrogen-bond donors (Lipinski definition) is 2. The first-order valence-electron chi connectivity index (χ1n) is 5.60. The van der Waals surface area contributed by atoms with Crippen molar-refractivity contribution in [3.63, 3.8) is 0 Å². The fourth-order valence-electron chi connectivity index (χ4n) is 1.49. The molecule has 1 amide bonds. The molecule has 1 heterocycles. The quantitative estimate of drug-likeness (QED) is 0.708. The van der Waals surface area contributed by atoms with Gasteiger partial charge in [0.05, 0.1) is 17.5 Å². The summed E-state index contributed by atoms with van der Waals surface area (Å²) in [6, 6.07) is 0. The maximum Gasteiger partial charge on any atom is 0.222 e. The van der Waals surface area contributed by atoms with E-state index in [1.54, 1.807) is 0 Å². The second kappa shape index (κ2) is 5.59. The Morgan fingerprint density at radius 2 is 2.31 bits per heavy atom. The molecule has 1 atom stereocenters. The van der Waals surface area contributed by atoms with Gasteiger partial charge in [-0.05, 0) is 12.8 Å². The topological polar surface area (TPSA) is 64.3 Å². The molecule has 4 nitrogen and oxygen atoms in total. The lowest BCUT2D eigenvalue weighted by Gasteiger charge is -2.23. The monoisotopic (exact) mass is 244 g/mol. The molecule has 0 aliphatic carbocycles. The van der Waals surface area contributed by atoms with Crippen LogP contribution >= 0.6 is 12.2 Å². The lowest BCUT2D eigenvalue weighted by molar-refractivity contribution is -0.123. The molecular formula is C11H20N2O2S. The third kappa shape index (κ3) is 4.06. The van der Waals surface area contributed by atoms with Crippen LogP contribution in [0.25, 0.3) is 0 Å². The Hall–Kier alpha value is -0.680. The minimum Gasteiger partial charge on any atom is -0.393 e. The highest BCUT2D eigenvalue weighted by molar-refractivity contribution is 7.80. The first kappa shape index (κ1) is 13.4. The van der Waals surface area contributed by atoms with Crippen molar-refractivity contribution in [1.82, 2.24) is 5.32 Å². The maximum atomic E-state index is 11.6. The molecule has 5 heteroatoms. The van der Waals surface area contributed by atoms with Gasteiger partial charge in [-0.2, -0.15) is 0 Å². The Bertz CT molecular complexity index is 273. The largest absolute Gasteiger partial charge is 0.393 e. The van der Waals surface area contributed by atoms with Crippen molar-refractivity contribution in [2.45, 2.75) is 39.2 Å². The molecule has 1 aliphatic heterocycles. The number of amides is 1. The van der Waals surface area contributed by atoms with Crippen molar-refractivity contribution in [3.05, 3.63) is 0 Å². The number of thiocarbonyl (C=S) groups is 1. The molecule has 0 saturated carbocycles. The molecular weight excluding hydrogens is 224 g/mol. The van der Waals surface area contributed by atoms with Crippen molar-refractivity contribution in [3.8, 4) is 0 Å². The van der Waals surface area contributed by atoms with Crippen LogP contribution in [0.2, 0.25) is 0 Å². The van der Waals surface area contributed by atoms with Crippen LogP contribution in [0.5, 0.6) is 0 Å². The molecule has 3 N–H and O–H groups in total. The molecule has 0 aromatic rings. The third-order valence-corrected chi connectivity index (χ3v) is 3.38. The zero-order valence-corrected chi connectivity index (χ0v) is 10.7. The SMILES string of the molecule is CC(C)(CNC(=O)CC1CCCO1)C(N)=S. The molecule has 1 rings (SSSR count). The number of hydrogen-bond acceptors (Lipinski definition) is 3. The van der Waals surface area contributed by atoms with E-state index in [1.165, 1.54) is 0 Å². The zero-order chi connectivity index (χ0) is 12.2. The van der Waals surface area contributed by atoms with E-state index in [4.69, 9.17) is 22.7 Å². The molecule has 0 bridgehead atoms. The van der Waals surface area contributed by atoms with E-state index in [9.17, 15) is 4.79 Å². The molecule has 1 unspecified atom stereocenters. The van der Waals surface area contributed by atoms with Gasteiger partial charge in [-0.15, -0.1) is 0 Å². The Kier molecular flexibility index (Phi) is 4.68. The van der Waals surface area contributed by atoms with Crippen LogP contribution < -0.4 is 11.1 Å². The Labute approximate surface area is 102 Å². The van der Waals surface area contributed by atoms with Gasteiger partial charge in [0.2, 0.25) is 5.91 Å². The fourth-order valence-corrected chi connectivity index (χ4v) is 1.56. The minimum atomic E-state index is -0.332. The van der Waals surface area contributed by atoms with E-state index < -0.39 is 0 Å². The highest BCUT2D eigenvalue weighted by Crippen LogP contribution is 2.16. The van der Waals surface area contributed by atoms with E-state index in [0.717, 1.165) is 19.4 Å². The standard InChI is InChI=1S/C11H20N2O2S/c1-11(2,10(12)16)7-13-9(14)6-8-4-3-5-15-8/h8H,3-7H2,1-2H3,(H2,12,16)(H,13,14). The van der Waals surface area contributed by atoms with Gasteiger partial charge in [0.15, 0.2) is 0 Å². The lowest BCUT2D eigenvalue weighted by atomic mass is 9.93. The Morgan fingerprint density at radius 3 is 2.81 bits per heavy atom. The molecule has 16 heavy (non-hydrogen) atoms. The number of carbonyl (C=O) groups excluding carboxylic acids is 1. The molecule has 0 aromatic heterocycles. The Morgan fingerprint density at radius 1 is 1.62 bits per heavy atom. The first-order chi connectivity index (χ1) is 7.42. The highest BCUT2D eigenvalue weighted by atomic mass is 32.1. The van der Waals surface area contributed by atoms with Crippen molar-refractivity contribution in [2.24, 2.45) is 11.1 Å². The third-order valence-electron chi connectivity index (χ3n) is 2.83. The number of nitrogens with one attached hydrogen (secondary N) is 1. The van der Waals surface area contributed by atoms with Gasteiger partial charge >= 0.3 is 0 Å². The van der Waals surface area contributed by atoms with Crippen LogP contribution in [0.1, 0.15) is 33.1 Å².